The fourth-order valence-electron chi connectivity index (χ4n) is 4.98. The molecule has 0 aliphatic heterocycles. The van der Waals surface area contributed by atoms with E-state index in [4.69, 9.17) is 5.50 Å². The Morgan fingerprint density at radius 3 is 1.77 bits per heavy atom. The summed E-state index contributed by atoms with van der Waals surface area (Å²) in [5.41, 5.74) is 6.87. The van der Waals surface area contributed by atoms with Crippen molar-refractivity contribution in [2.75, 3.05) is 13.1 Å². The van der Waals surface area contributed by atoms with Crippen LogP contribution in [0.3, 0.4) is 0 Å². The van der Waals surface area contributed by atoms with Gasteiger partial charge in [0, 0.05) is 24.4 Å². The monoisotopic (exact) mass is 459 g/mol. The molecule has 6 heteroatoms. The van der Waals surface area contributed by atoms with Crippen molar-refractivity contribution in [2.24, 2.45) is 5.50 Å². The number of rotatable bonds is 15. The number of nitrogens with zero attached hydrogens (tertiary/aromatic N) is 2. The number of unbranched alkanes of at least 4 members (excludes halogenated alkanes) is 6. The van der Waals surface area contributed by atoms with Crippen molar-refractivity contribution in [3.8, 4) is 0 Å². The topological polar surface area (TPSA) is 49.6 Å². The molecule has 0 bridgehead atoms. The van der Waals surface area contributed by atoms with Crippen LogP contribution in [0.25, 0.3) is 0 Å². The minimum absolute atomic E-state index is 0.398. The van der Waals surface area contributed by atoms with Crippen LogP contribution in [0.5, 0.6) is 0 Å². The summed E-state index contributed by atoms with van der Waals surface area (Å²) in [4.78, 5) is 0. The first-order chi connectivity index (χ1) is 14.6. The van der Waals surface area contributed by atoms with Gasteiger partial charge in [0.05, 0.1) is 0 Å². The Morgan fingerprint density at radius 1 is 0.767 bits per heavy atom. The second-order valence-electron chi connectivity index (χ2n) is 9.62. The molecule has 2 rings (SSSR count). The van der Waals surface area contributed by atoms with Crippen LogP contribution in [0, 0.1) is 0 Å². The van der Waals surface area contributed by atoms with E-state index in [0.29, 0.717) is 11.3 Å². The highest BCUT2D eigenvalue weighted by molar-refractivity contribution is 8.02. The molecule has 0 aromatic heterocycles. The van der Waals surface area contributed by atoms with Crippen LogP contribution < -0.4 is 5.50 Å². The summed E-state index contributed by atoms with van der Waals surface area (Å²) in [6, 6.07) is 0.398. The third-order valence-electron chi connectivity index (χ3n) is 6.92. The SMILES string of the molecule is CCCCCCN(CCCCCC)P(N)(=O)N(SC1CCCCC1)C1CCCCC1. The van der Waals surface area contributed by atoms with Crippen LogP contribution >= 0.6 is 19.5 Å². The molecule has 0 spiro atoms. The highest BCUT2D eigenvalue weighted by atomic mass is 32.2. The molecule has 1 unspecified atom stereocenters. The molecule has 2 N–H and O–H groups in total. The fraction of sp³-hybridized carbons (Fsp3) is 1.00. The Kier molecular flexibility index (Phi) is 13.6. The smallest absolute Gasteiger partial charge is 0.270 e. The van der Waals surface area contributed by atoms with Gasteiger partial charge in [-0.2, -0.15) is 4.08 Å². The molecule has 4 nitrogen and oxygen atoms in total. The van der Waals surface area contributed by atoms with Crippen LogP contribution in [-0.2, 0) is 4.57 Å². The first kappa shape index (κ1) is 26.7. The number of hydrogen-bond donors (Lipinski definition) is 1. The molecular formula is C24H50N3OPS. The van der Waals surface area contributed by atoms with Gasteiger partial charge < -0.3 is 0 Å². The molecule has 0 amide bonds. The van der Waals surface area contributed by atoms with E-state index in [1.165, 1.54) is 103 Å². The van der Waals surface area contributed by atoms with Crippen molar-refractivity contribution in [3.05, 3.63) is 0 Å². The van der Waals surface area contributed by atoms with Gasteiger partial charge in [0.2, 0.25) is 0 Å². The molecule has 0 saturated heterocycles. The average molecular weight is 460 g/mol. The first-order valence-electron chi connectivity index (χ1n) is 13.2. The largest absolute Gasteiger partial charge is 0.291 e. The van der Waals surface area contributed by atoms with Gasteiger partial charge in [-0.15, -0.1) is 0 Å². The molecule has 2 fully saturated rings. The predicted molar refractivity (Wildman–Crippen MR) is 135 cm³/mol. The van der Waals surface area contributed by atoms with Crippen molar-refractivity contribution < 1.29 is 4.57 Å². The molecule has 0 aromatic carbocycles. The zero-order valence-corrected chi connectivity index (χ0v) is 21.7. The molecule has 30 heavy (non-hydrogen) atoms. The van der Waals surface area contributed by atoms with Crippen LogP contribution in [-0.4, -0.2) is 33.1 Å². The molecule has 1 atom stereocenters. The molecule has 178 valence electrons. The zero-order valence-electron chi connectivity index (χ0n) is 20.0. The van der Waals surface area contributed by atoms with Crippen LogP contribution in [0.4, 0.5) is 0 Å². The Balaban J connectivity index is 2.10. The molecule has 0 radical (unpaired) electrons. The second kappa shape index (κ2) is 15.3. The summed E-state index contributed by atoms with van der Waals surface area (Å²) in [6.45, 7) is 6.30. The lowest BCUT2D eigenvalue weighted by Crippen LogP contribution is -2.41. The van der Waals surface area contributed by atoms with E-state index in [0.717, 1.165) is 25.9 Å². The maximum Gasteiger partial charge on any atom is 0.291 e. The average Bonchev–Trinajstić information content (AvgIpc) is 2.77. The van der Waals surface area contributed by atoms with E-state index in [1.807, 2.05) is 11.9 Å². The van der Waals surface area contributed by atoms with Crippen molar-refractivity contribution in [3.63, 3.8) is 0 Å². The second-order valence-corrected chi connectivity index (χ2v) is 13.3. The van der Waals surface area contributed by atoms with E-state index in [9.17, 15) is 4.57 Å². The maximum atomic E-state index is 14.3. The summed E-state index contributed by atoms with van der Waals surface area (Å²) in [5.74, 6) is 0. The molecule has 0 aromatic rings. The maximum absolute atomic E-state index is 14.3. The normalized spacial score (nSPS) is 21.4. The van der Waals surface area contributed by atoms with Crippen molar-refractivity contribution in [1.29, 1.82) is 0 Å². The van der Waals surface area contributed by atoms with Crippen LogP contribution in [0.1, 0.15) is 129 Å². The lowest BCUT2D eigenvalue weighted by Gasteiger charge is -2.43. The standard InChI is InChI=1S/C24H50N3OPS/c1-3-5-7-15-21-26(22-16-8-6-4-2)29(25,28)27(23-17-11-9-12-18-23)30-24-19-13-10-14-20-24/h23-24H,3-22H2,1-2H3,(H2,25,28). The van der Waals surface area contributed by atoms with Gasteiger partial charge in [-0.25, -0.2) is 4.67 Å². The van der Waals surface area contributed by atoms with Gasteiger partial charge in [-0.1, -0.05) is 103 Å². The van der Waals surface area contributed by atoms with Gasteiger partial charge in [0.15, 0.2) is 0 Å². The van der Waals surface area contributed by atoms with Gasteiger partial charge in [-0.3, -0.25) is 10.1 Å². The molecule has 0 heterocycles. The van der Waals surface area contributed by atoms with Gasteiger partial charge in [-0.05, 0) is 38.5 Å². The van der Waals surface area contributed by atoms with Crippen LogP contribution in [0.2, 0.25) is 0 Å². The Bertz CT molecular complexity index is 469. The third kappa shape index (κ3) is 9.14. The summed E-state index contributed by atoms with van der Waals surface area (Å²) in [6.07, 6.45) is 22.4. The summed E-state index contributed by atoms with van der Waals surface area (Å²) >= 11 is 1.90. The molecule has 2 aliphatic rings. The van der Waals surface area contributed by atoms with Crippen LogP contribution in [0.15, 0.2) is 0 Å². The molecule has 2 aliphatic carbocycles. The van der Waals surface area contributed by atoms with E-state index in [2.05, 4.69) is 22.6 Å². The highest BCUT2D eigenvalue weighted by Gasteiger charge is 2.40. The van der Waals surface area contributed by atoms with E-state index in [1.54, 1.807) is 0 Å². The van der Waals surface area contributed by atoms with Gasteiger partial charge >= 0.3 is 0 Å². The quantitative estimate of drug-likeness (QED) is 0.152. The number of nitrogens with two attached hydrogens (primary N) is 1. The summed E-state index contributed by atoms with van der Waals surface area (Å²) < 4.78 is 18.8. The number of hydrogen-bond acceptors (Lipinski definition) is 2. The van der Waals surface area contributed by atoms with Crippen molar-refractivity contribution in [2.45, 2.75) is 141 Å². The van der Waals surface area contributed by atoms with E-state index >= 15 is 0 Å². The van der Waals surface area contributed by atoms with E-state index < -0.39 is 7.59 Å². The Labute approximate surface area is 192 Å². The van der Waals surface area contributed by atoms with Crippen molar-refractivity contribution in [1.82, 2.24) is 8.75 Å². The summed E-state index contributed by atoms with van der Waals surface area (Å²) in [5, 5.41) is 0.611. The van der Waals surface area contributed by atoms with E-state index in [-0.39, 0.29) is 0 Å². The minimum atomic E-state index is -3.02. The highest BCUT2D eigenvalue weighted by Crippen LogP contribution is 2.55. The Hall–Kier alpha value is 0.460. The Morgan fingerprint density at radius 2 is 1.27 bits per heavy atom. The lowest BCUT2D eigenvalue weighted by molar-refractivity contribution is 0.305. The minimum Gasteiger partial charge on any atom is -0.270 e. The lowest BCUT2D eigenvalue weighted by atomic mass is 9.96. The van der Waals surface area contributed by atoms with Gasteiger partial charge in [0.25, 0.3) is 7.59 Å². The predicted octanol–water partition coefficient (Wildman–Crippen LogP) is 8.13. The van der Waals surface area contributed by atoms with Gasteiger partial charge in [0.1, 0.15) is 0 Å². The molecule has 2 saturated carbocycles. The first-order valence-corrected chi connectivity index (χ1v) is 15.7. The molecular weight excluding hydrogens is 409 g/mol. The third-order valence-corrected chi connectivity index (χ3v) is 11.3. The zero-order chi connectivity index (χ0) is 21.7. The summed E-state index contributed by atoms with van der Waals surface area (Å²) in [7, 11) is -3.02. The van der Waals surface area contributed by atoms with Crippen molar-refractivity contribution >= 4 is 19.5 Å². The fourth-order valence-corrected chi connectivity index (χ4v) is 9.26.